The van der Waals surface area contributed by atoms with Gasteiger partial charge in [0.05, 0.1) is 13.0 Å². The van der Waals surface area contributed by atoms with Gasteiger partial charge >= 0.3 is 11.9 Å². The van der Waals surface area contributed by atoms with Crippen LogP contribution in [0.4, 0.5) is 0 Å². The summed E-state index contributed by atoms with van der Waals surface area (Å²) in [5, 5.41) is 28.0. The lowest BCUT2D eigenvalue weighted by Gasteiger charge is -2.30. The van der Waals surface area contributed by atoms with Crippen molar-refractivity contribution >= 4 is 11.9 Å². The molecule has 0 aromatic carbocycles. The van der Waals surface area contributed by atoms with Gasteiger partial charge in [-0.2, -0.15) is 0 Å². The zero-order chi connectivity index (χ0) is 16.2. The predicted molar refractivity (Wildman–Crippen MR) is 83.1 cm³/mol. The molecule has 0 bridgehead atoms. The maximum absolute atomic E-state index is 11.1. The zero-order valence-electron chi connectivity index (χ0n) is 13.0. The van der Waals surface area contributed by atoms with E-state index in [4.69, 9.17) is 10.2 Å². The highest BCUT2D eigenvalue weighted by molar-refractivity contribution is 5.70. The van der Waals surface area contributed by atoms with E-state index in [1.807, 2.05) is 0 Å². The highest BCUT2D eigenvalue weighted by Gasteiger charge is 2.22. The summed E-state index contributed by atoms with van der Waals surface area (Å²) in [5.74, 6) is -1.82. The molecule has 0 aliphatic carbocycles. The van der Waals surface area contributed by atoms with Crippen LogP contribution >= 0.6 is 0 Å². The molecule has 1 fully saturated rings. The lowest BCUT2D eigenvalue weighted by atomic mass is 10.1. The number of aliphatic carboxylic acids is 2. The number of carboxylic acids is 2. The molecule has 0 spiro atoms. The van der Waals surface area contributed by atoms with Gasteiger partial charge in [-0.25, -0.2) is 0 Å². The smallest absolute Gasteiger partial charge is 0.317 e. The SMILES string of the molecule is O=C(O)CC1CNCCCNCCNCCCN1CC(=O)O. The number of hydrogen-bond donors (Lipinski definition) is 5. The van der Waals surface area contributed by atoms with Crippen molar-refractivity contribution < 1.29 is 19.8 Å². The van der Waals surface area contributed by atoms with Gasteiger partial charge < -0.3 is 26.2 Å². The Morgan fingerprint density at radius 1 is 0.909 bits per heavy atom. The molecular weight excluding hydrogens is 288 g/mol. The highest BCUT2D eigenvalue weighted by Crippen LogP contribution is 2.06. The van der Waals surface area contributed by atoms with Crippen LogP contribution in [-0.2, 0) is 9.59 Å². The average Bonchev–Trinajstić information content (AvgIpc) is 2.44. The first kappa shape index (κ1) is 18.8. The fourth-order valence-electron chi connectivity index (χ4n) is 2.54. The Morgan fingerprint density at radius 3 is 2.18 bits per heavy atom. The quantitative estimate of drug-likeness (QED) is 0.438. The van der Waals surface area contributed by atoms with Crippen LogP contribution in [0.3, 0.4) is 0 Å². The van der Waals surface area contributed by atoms with E-state index in [1.54, 1.807) is 4.90 Å². The number of carbonyl (C=O) groups is 2. The fraction of sp³-hybridized carbons (Fsp3) is 0.857. The molecule has 0 saturated carbocycles. The standard InChI is InChI=1S/C14H28N4O4/c19-13(20)9-12-10-17-4-1-3-15-6-7-16-5-2-8-18(12)11-14(21)22/h12,15-17H,1-11H2,(H,19,20)(H,21,22). The molecule has 1 saturated heterocycles. The first-order chi connectivity index (χ1) is 10.6. The third-order valence-corrected chi connectivity index (χ3v) is 3.63. The molecule has 0 aromatic heterocycles. The van der Waals surface area contributed by atoms with Gasteiger partial charge in [-0.1, -0.05) is 0 Å². The maximum Gasteiger partial charge on any atom is 0.317 e. The molecule has 8 heteroatoms. The van der Waals surface area contributed by atoms with Gasteiger partial charge in [0.1, 0.15) is 0 Å². The largest absolute Gasteiger partial charge is 0.481 e. The average molecular weight is 316 g/mol. The summed E-state index contributed by atoms with van der Waals surface area (Å²) in [4.78, 5) is 23.8. The second-order valence-electron chi connectivity index (χ2n) is 5.53. The monoisotopic (exact) mass is 316 g/mol. The summed E-state index contributed by atoms with van der Waals surface area (Å²) in [5.41, 5.74) is 0. The summed E-state index contributed by atoms with van der Waals surface area (Å²) < 4.78 is 0. The Morgan fingerprint density at radius 2 is 1.55 bits per heavy atom. The van der Waals surface area contributed by atoms with Crippen LogP contribution in [0.1, 0.15) is 19.3 Å². The van der Waals surface area contributed by atoms with Gasteiger partial charge in [-0.05, 0) is 32.5 Å². The van der Waals surface area contributed by atoms with Crippen molar-refractivity contribution in [1.82, 2.24) is 20.9 Å². The molecule has 0 radical (unpaired) electrons. The van der Waals surface area contributed by atoms with Crippen LogP contribution in [0, 0.1) is 0 Å². The Bertz CT molecular complexity index is 309. The minimum absolute atomic E-state index is 0.0496. The highest BCUT2D eigenvalue weighted by atomic mass is 16.4. The Balaban J connectivity index is 2.62. The van der Waals surface area contributed by atoms with Crippen molar-refractivity contribution in [3.05, 3.63) is 0 Å². The second-order valence-corrected chi connectivity index (χ2v) is 5.53. The summed E-state index contributed by atoms with van der Waals surface area (Å²) in [6, 6.07) is -0.301. The van der Waals surface area contributed by atoms with Crippen molar-refractivity contribution in [2.75, 3.05) is 52.4 Å². The predicted octanol–water partition coefficient (Wildman–Crippen LogP) is -1.22. The Hall–Kier alpha value is -1.22. The first-order valence-electron chi connectivity index (χ1n) is 7.89. The molecule has 8 nitrogen and oxygen atoms in total. The number of hydrogen-bond acceptors (Lipinski definition) is 6. The molecule has 5 N–H and O–H groups in total. The minimum Gasteiger partial charge on any atom is -0.481 e. The third kappa shape index (κ3) is 8.93. The van der Waals surface area contributed by atoms with E-state index in [2.05, 4.69) is 16.0 Å². The van der Waals surface area contributed by atoms with E-state index in [0.717, 1.165) is 45.6 Å². The van der Waals surface area contributed by atoms with Gasteiger partial charge in [0, 0.05) is 32.2 Å². The molecule has 1 aliphatic heterocycles. The molecular formula is C14H28N4O4. The number of nitrogens with one attached hydrogen (secondary N) is 3. The maximum atomic E-state index is 11.1. The van der Waals surface area contributed by atoms with Crippen molar-refractivity contribution in [2.24, 2.45) is 0 Å². The minimum atomic E-state index is -0.923. The van der Waals surface area contributed by atoms with Crippen LogP contribution in [0.15, 0.2) is 0 Å². The van der Waals surface area contributed by atoms with Crippen LogP contribution in [0.25, 0.3) is 0 Å². The molecule has 0 aromatic rings. The molecule has 22 heavy (non-hydrogen) atoms. The number of nitrogens with zero attached hydrogens (tertiary/aromatic N) is 1. The molecule has 1 rings (SSSR count). The van der Waals surface area contributed by atoms with Crippen molar-refractivity contribution in [1.29, 1.82) is 0 Å². The van der Waals surface area contributed by atoms with Gasteiger partial charge in [-0.3, -0.25) is 14.5 Å². The molecule has 0 amide bonds. The normalized spacial score (nSPS) is 23.5. The summed E-state index contributed by atoms with van der Waals surface area (Å²) in [7, 11) is 0. The van der Waals surface area contributed by atoms with Gasteiger partial charge in [0.2, 0.25) is 0 Å². The summed E-state index contributed by atoms with van der Waals surface area (Å²) in [6.45, 7) is 5.24. The molecule has 1 unspecified atom stereocenters. The first-order valence-corrected chi connectivity index (χ1v) is 7.89. The van der Waals surface area contributed by atoms with E-state index in [9.17, 15) is 9.59 Å². The van der Waals surface area contributed by atoms with Gasteiger partial charge in [-0.15, -0.1) is 0 Å². The topological polar surface area (TPSA) is 114 Å². The zero-order valence-corrected chi connectivity index (χ0v) is 13.0. The van der Waals surface area contributed by atoms with Crippen molar-refractivity contribution in [2.45, 2.75) is 25.3 Å². The number of carboxylic acid groups (broad SMARTS) is 2. The van der Waals surface area contributed by atoms with E-state index >= 15 is 0 Å². The Kier molecular flexibility index (Phi) is 9.72. The lowest BCUT2D eigenvalue weighted by Crippen LogP contribution is -2.47. The van der Waals surface area contributed by atoms with E-state index in [0.29, 0.717) is 13.1 Å². The second kappa shape index (κ2) is 11.4. The van der Waals surface area contributed by atoms with Crippen LogP contribution in [0.2, 0.25) is 0 Å². The molecule has 1 atom stereocenters. The van der Waals surface area contributed by atoms with Crippen LogP contribution < -0.4 is 16.0 Å². The van der Waals surface area contributed by atoms with Crippen LogP contribution in [0.5, 0.6) is 0 Å². The summed E-state index contributed by atoms with van der Waals surface area (Å²) in [6.07, 6.45) is 1.70. The summed E-state index contributed by atoms with van der Waals surface area (Å²) >= 11 is 0. The van der Waals surface area contributed by atoms with Crippen molar-refractivity contribution in [3.63, 3.8) is 0 Å². The van der Waals surface area contributed by atoms with Gasteiger partial charge in [0.25, 0.3) is 0 Å². The third-order valence-electron chi connectivity index (χ3n) is 3.63. The fourth-order valence-corrected chi connectivity index (χ4v) is 2.54. The lowest BCUT2D eigenvalue weighted by molar-refractivity contribution is -0.142. The van der Waals surface area contributed by atoms with Gasteiger partial charge in [0.15, 0.2) is 0 Å². The van der Waals surface area contributed by atoms with E-state index in [1.165, 1.54) is 0 Å². The van der Waals surface area contributed by atoms with E-state index < -0.39 is 11.9 Å². The Labute approximate surface area is 131 Å². The molecule has 1 aliphatic rings. The van der Waals surface area contributed by atoms with E-state index in [-0.39, 0.29) is 19.0 Å². The molecule has 1 heterocycles. The van der Waals surface area contributed by atoms with Crippen LogP contribution in [-0.4, -0.2) is 85.5 Å². The van der Waals surface area contributed by atoms with Crippen molar-refractivity contribution in [3.8, 4) is 0 Å². The number of rotatable bonds is 4. The molecule has 128 valence electrons.